The summed E-state index contributed by atoms with van der Waals surface area (Å²) < 4.78 is 0. The molecule has 3 aromatic carbocycles. The minimum Gasteiger partial charge on any atom is -0.507 e. The van der Waals surface area contributed by atoms with E-state index < -0.39 is 4.92 Å². The number of nitro benzene ring substituents is 1. The van der Waals surface area contributed by atoms with Gasteiger partial charge in [0.15, 0.2) is 5.84 Å². The first-order valence-corrected chi connectivity index (χ1v) is 11.6. The molecule has 3 N–H and O–H groups in total. The average molecular weight is 489 g/mol. The monoisotopic (exact) mass is 488 g/mol. The van der Waals surface area contributed by atoms with E-state index in [1.165, 1.54) is 24.4 Å². The number of benzene rings is 3. The number of phenols is 2. The van der Waals surface area contributed by atoms with Crippen molar-refractivity contribution in [3.63, 3.8) is 0 Å². The Bertz CT molecular complexity index is 1280. The molecule has 0 aliphatic heterocycles. The summed E-state index contributed by atoms with van der Waals surface area (Å²) in [6.07, 6.45) is 1.30. The summed E-state index contributed by atoms with van der Waals surface area (Å²) in [6, 6.07) is 16.8. The fourth-order valence-electron chi connectivity index (χ4n) is 3.62. The molecule has 0 fully saturated rings. The Morgan fingerprint density at radius 2 is 1.50 bits per heavy atom. The lowest BCUT2D eigenvalue weighted by atomic mass is 9.78. The molecule has 8 nitrogen and oxygen atoms in total. The van der Waals surface area contributed by atoms with Crippen molar-refractivity contribution in [3.8, 4) is 11.5 Å². The number of aromatic hydroxyl groups is 2. The second-order valence-corrected chi connectivity index (χ2v) is 10.6. The number of non-ortho nitro benzene ring substituents is 1. The van der Waals surface area contributed by atoms with Crippen LogP contribution in [0.2, 0.25) is 0 Å². The van der Waals surface area contributed by atoms with Crippen molar-refractivity contribution >= 4 is 23.4 Å². The highest BCUT2D eigenvalue weighted by molar-refractivity contribution is 6.01. The van der Waals surface area contributed by atoms with Crippen molar-refractivity contribution in [1.29, 1.82) is 0 Å². The summed E-state index contributed by atoms with van der Waals surface area (Å²) in [4.78, 5) is 15.3. The zero-order valence-corrected chi connectivity index (χ0v) is 21.4. The minimum atomic E-state index is -0.537. The lowest BCUT2D eigenvalue weighted by molar-refractivity contribution is -0.384. The fourth-order valence-corrected chi connectivity index (χ4v) is 3.62. The van der Waals surface area contributed by atoms with E-state index >= 15 is 0 Å². The third-order valence-corrected chi connectivity index (χ3v) is 5.59. The highest BCUT2D eigenvalue weighted by atomic mass is 16.6. The van der Waals surface area contributed by atoms with Gasteiger partial charge in [-0.05, 0) is 41.2 Å². The van der Waals surface area contributed by atoms with Crippen LogP contribution in [0.1, 0.15) is 63.8 Å². The quantitative estimate of drug-likeness (QED) is 0.168. The number of amidine groups is 1. The van der Waals surface area contributed by atoms with Gasteiger partial charge in [-0.2, -0.15) is 5.10 Å². The van der Waals surface area contributed by atoms with Gasteiger partial charge in [-0.25, -0.2) is 4.99 Å². The number of nitro groups is 1. The lowest BCUT2D eigenvalue weighted by Crippen LogP contribution is -2.23. The third-order valence-electron chi connectivity index (χ3n) is 5.59. The van der Waals surface area contributed by atoms with Gasteiger partial charge < -0.3 is 10.2 Å². The van der Waals surface area contributed by atoms with Crippen LogP contribution in [-0.2, 0) is 10.8 Å². The maximum atomic E-state index is 11.1. The molecule has 188 valence electrons. The van der Waals surface area contributed by atoms with Crippen LogP contribution in [0.15, 0.2) is 70.8 Å². The molecule has 0 atom stereocenters. The van der Waals surface area contributed by atoms with Gasteiger partial charge in [-0.3, -0.25) is 15.5 Å². The van der Waals surface area contributed by atoms with E-state index in [9.17, 15) is 20.3 Å². The standard InChI is InChI=1S/C28H32N4O4/c1-27(2,3)22-15-18(16-23(25(22)34)28(4,5)6)26(30-20-10-8-7-9-11-20)31-29-17-19-14-21(32(35)36)12-13-24(19)33/h7-17,33-34H,1-6H3,(H,30,31)/b29-17+. The van der Waals surface area contributed by atoms with Crippen LogP contribution >= 0.6 is 0 Å². The van der Waals surface area contributed by atoms with Crippen LogP contribution in [0.5, 0.6) is 11.5 Å². The molecule has 0 radical (unpaired) electrons. The Morgan fingerprint density at radius 3 is 2.03 bits per heavy atom. The number of nitrogens with one attached hydrogen (secondary N) is 1. The van der Waals surface area contributed by atoms with Crippen LogP contribution in [0.3, 0.4) is 0 Å². The van der Waals surface area contributed by atoms with Gasteiger partial charge >= 0.3 is 0 Å². The Balaban J connectivity index is 2.13. The summed E-state index contributed by atoms with van der Waals surface area (Å²) in [7, 11) is 0. The van der Waals surface area contributed by atoms with Gasteiger partial charge in [0.1, 0.15) is 11.5 Å². The zero-order chi connectivity index (χ0) is 26.7. The number of para-hydroxylation sites is 1. The minimum absolute atomic E-state index is 0.137. The number of hydrogen-bond donors (Lipinski definition) is 3. The van der Waals surface area contributed by atoms with E-state index in [2.05, 4.69) is 10.5 Å². The summed E-state index contributed by atoms with van der Waals surface area (Å²) in [5.41, 5.74) is 5.25. The predicted molar refractivity (Wildman–Crippen MR) is 144 cm³/mol. The molecule has 3 rings (SSSR count). The second kappa shape index (κ2) is 10.2. The van der Waals surface area contributed by atoms with Crippen molar-refractivity contribution in [3.05, 3.63) is 93.0 Å². The third kappa shape index (κ3) is 6.27. The summed E-state index contributed by atoms with van der Waals surface area (Å²) >= 11 is 0. The average Bonchev–Trinajstić information content (AvgIpc) is 2.78. The van der Waals surface area contributed by atoms with Crippen LogP contribution in [0.4, 0.5) is 11.4 Å². The number of hydrogen-bond acceptors (Lipinski definition) is 6. The molecular formula is C28H32N4O4. The Labute approximate surface area is 211 Å². The zero-order valence-electron chi connectivity index (χ0n) is 21.4. The molecule has 0 amide bonds. The van der Waals surface area contributed by atoms with Crippen LogP contribution < -0.4 is 5.43 Å². The first kappa shape index (κ1) is 26.4. The molecule has 0 spiro atoms. The van der Waals surface area contributed by atoms with Gasteiger partial charge in [-0.15, -0.1) is 0 Å². The van der Waals surface area contributed by atoms with Crippen LogP contribution in [0.25, 0.3) is 0 Å². The van der Waals surface area contributed by atoms with Crippen molar-refractivity contribution in [2.24, 2.45) is 10.1 Å². The van der Waals surface area contributed by atoms with Crippen molar-refractivity contribution in [2.75, 3.05) is 0 Å². The van der Waals surface area contributed by atoms with E-state index in [1.807, 2.05) is 84.0 Å². The maximum Gasteiger partial charge on any atom is 0.270 e. The maximum absolute atomic E-state index is 11.1. The molecule has 0 aromatic heterocycles. The molecule has 3 aromatic rings. The lowest BCUT2D eigenvalue weighted by Gasteiger charge is -2.28. The highest BCUT2D eigenvalue weighted by Crippen LogP contribution is 2.40. The van der Waals surface area contributed by atoms with Crippen molar-refractivity contribution in [2.45, 2.75) is 52.4 Å². The molecule has 0 saturated heterocycles. The van der Waals surface area contributed by atoms with E-state index in [0.29, 0.717) is 17.1 Å². The SMILES string of the molecule is CC(C)(C)c1cc(C(=Nc2ccccc2)N/N=C/c2cc([N+](=O)[O-])ccc2O)cc(C(C)(C)C)c1O. The van der Waals surface area contributed by atoms with E-state index in [4.69, 9.17) is 4.99 Å². The highest BCUT2D eigenvalue weighted by Gasteiger charge is 2.27. The fraction of sp³-hybridized carbons (Fsp3) is 0.286. The molecule has 0 aliphatic rings. The summed E-state index contributed by atoms with van der Waals surface area (Å²) in [6.45, 7) is 12.2. The van der Waals surface area contributed by atoms with Gasteiger partial charge in [0.25, 0.3) is 5.69 Å². The topological polar surface area (TPSA) is 120 Å². The number of nitrogens with zero attached hydrogens (tertiary/aromatic N) is 3. The normalized spacial score (nSPS) is 12.7. The first-order chi connectivity index (χ1) is 16.8. The van der Waals surface area contributed by atoms with E-state index in [0.717, 1.165) is 11.1 Å². The predicted octanol–water partition coefficient (Wildman–Crippen LogP) is 6.30. The largest absolute Gasteiger partial charge is 0.507 e. The smallest absolute Gasteiger partial charge is 0.270 e. The second-order valence-electron chi connectivity index (χ2n) is 10.6. The Kier molecular flexibility index (Phi) is 7.48. The van der Waals surface area contributed by atoms with Crippen LogP contribution in [0, 0.1) is 10.1 Å². The van der Waals surface area contributed by atoms with Gasteiger partial charge in [0.05, 0.1) is 16.8 Å². The number of aliphatic imine (C=N–C) groups is 1. The Hall–Kier alpha value is -4.20. The van der Waals surface area contributed by atoms with Crippen molar-refractivity contribution < 1.29 is 15.1 Å². The summed E-state index contributed by atoms with van der Waals surface area (Å²) in [5.74, 6) is 0.531. The Morgan fingerprint density at radius 1 is 0.917 bits per heavy atom. The van der Waals surface area contributed by atoms with Gasteiger partial charge in [-0.1, -0.05) is 59.7 Å². The molecule has 8 heteroatoms. The molecule has 0 heterocycles. The molecule has 0 saturated carbocycles. The van der Waals surface area contributed by atoms with Gasteiger partial charge in [0.2, 0.25) is 0 Å². The molecular weight excluding hydrogens is 456 g/mol. The van der Waals surface area contributed by atoms with E-state index in [-0.39, 0.29) is 33.6 Å². The number of rotatable bonds is 5. The molecule has 0 bridgehead atoms. The molecule has 0 aliphatic carbocycles. The summed E-state index contributed by atoms with van der Waals surface area (Å²) in [5, 5.41) is 36.6. The van der Waals surface area contributed by atoms with Crippen molar-refractivity contribution in [1.82, 2.24) is 5.43 Å². The van der Waals surface area contributed by atoms with Crippen LogP contribution in [-0.4, -0.2) is 27.2 Å². The molecule has 0 unspecified atom stereocenters. The first-order valence-electron chi connectivity index (χ1n) is 11.6. The molecule has 36 heavy (non-hydrogen) atoms. The number of hydrazone groups is 1. The van der Waals surface area contributed by atoms with E-state index in [1.54, 1.807) is 0 Å². The number of phenolic OH excluding ortho intramolecular Hbond substituents is 2. The van der Waals surface area contributed by atoms with Gasteiger partial charge in [0, 0.05) is 34.4 Å².